The molecule has 0 N–H and O–H groups in total. The second-order valence-electron chi connectivity index (χ2n) is 2.97. The van der Waals surface area contributed by atoms with Crippen molar-refractivity contribution in [3.05, 3.63) is 24.3 Å². The molecule has 0 radical (unpaired) electrons. The van der Waals surface area contributed by atoms with Crippen LogP contribution < -0.4 is 0 Å². The maximum absolute atomic E-state index is 11.1. The largest absolute Gasteiger partial charge is 0.465 e. The summed E-state index contributed by atoms with van der Waals surface area (Å²) in [5, 5.41) is 0. The average Bonchev–Trinajstić information content (AvgIpc) is 2.18. The highest BCUT2D eigenvalue weighted by atomic mass is 16.5. The molecule has 0 aliphatic rings. The zero-order valence-corrected chi connectivity index (χ0v) is 9.16. The number of carbonyl (C=O) groups excluding carboxylic acids is 1. The Morgan fingerprint density at radius 2 is 1.71 bits per heavy atom. The molecule has 0 rings (SSSR count). The minimum Gasteiger partial charge on any atom is -0.465 e. The van der Waals surface area contributed by atoms with E-state index >= 15 is 0 Å². The van der Waals surface area contributed by atoms with Gasteiger partial charge in [-0.1, -0.05) is 38.2 Å². The van der Waals surface area contributed by atoms with Crippen LogP contribution in [0.5, 0.6) is 0 Å². The maximum atomic E-state index is 11.1. The van der Waals surface area contributed by atoms with E-state index in [1.54, 1.807) is 0 Å². The van der Waals surface area contributed by atoms with Crippen LogP contribution in [0.1, 0.15) is 39.5 Å². The first-order valence-corrected chi connectivity index (χ1v) is 5.26. The lowest BCUT2D eigenvalue weighted by molar-refractivity contribution is -0.142. The summed E-state index contributed by atoms with van der Waals surface area (Å²) >= 11 is 0. The zero-order chi connectivity index (χ0) is 10.6. The van der Waals surface area contributed by atoms with Crippen molar-refractivity contribution in [3.63, 3.8) is 0 Å². The molecule has 0 aromatic rings. The predicted octanol–water partition coefficient (Wildman–Crippen LogP) is 3.24. The summed E-state index contributed by atoms with van der Waals surface area (Å²) in [6, 6.07) is 0. The lowest BCUT2D eigenvalue weighted by Crippen LogP contribution is -2.03. The van der Waals surface area contributed by atoms with Gasteiger partial charge in [0.2, 0.25) is 0 Å². The molecule has 0 saturated carbocycles. The molecule has 0 unspecified atom stereocenters. The van der Waals surface area contributed by atoms with E-state index in [1.807, 2.05) is 25.2 Å². The molecule has 0 amide bonds. The fraction of sp³-hybridized carbons (Fsp3) is 0.583. The third-order valence-corrected chi connectivity index (χ3v) is 1.64. The maximum Gasteiger partial charge on any atom is 0.309 e. The summed E-state index contributed by atoms with van der Waals surface area (Å²) in [7, 11) is 0. The van der Waals surface area contributed by atoms with Gasteiger partial charge in [-0.25, -0.2) is 0 Å². The van der Waals surface area contributed by atoms with Crippen molar-refractivity contribution in [2.45, 2.75) is 39.5 Å². The highest BCUT2D eigenvalue weighted by Gasteiger charge is 1.96. The van der Waals surface area contributed by atoms with Gasteiger partial charge in [-0.05, 0) is 19.3 Å². The topological polar surface area (TPSA) is 26.3 Å². The number of esters is 1. The molecule has 0 aliphatic carbocycles. The van der Waals surface area contributed by atoms with E-state index in [0.717, 1.165) is 19.3 Å². The van der Waals surface area contributed by atoms with E-state index < -0.39 is 0 Å². The van der Waals surface area contributed by atoms with Crippen molar-refractivity contribution in [1.82, 2.24) is 0 Å². The van der Waals surface area contributed by atoms with E-state index in [-0.39, 0.29) is 5.97 Å². The number of hydrogen-bond acceptors (Lipinski definition) is 2. The summed E-state index contributed by atoms with van der Waals surface area (Å²) in [4.78, 5) is 11.1. The SMILES string of the molecule is CC/C=C\CCOC(=O)C/C=C\CC. The quantitative estimate of drug-likeness (QED) is 0.355. The molecular weight excluding hydrogens is 176 g/mol. The van der Waals surface area contributed by atoms with Gasteiger partial charge in [0.1, 0.15) is 0 Å². The summed E-state index contributed by atoms with van der Waals surface area (Å²) in [5.41, 5.74) is 0. The van der Waals surface area contributed by atoms with Gasteiger partial charge in [0.15, 0.2) is 0 Å². The second kappa shape index (κ2) is 10.0. The van der Waals surface area contributed by atoms with Crippen LogP contribution in [0, 0.1) is 0 Å². The Labute approximate surface area is 86.6 Å². The first-order chi connectivity index (χ1) is 6.81. The van der Waals surface area contributed by atoms with Crippen molar-refractivity contribution >= 4 is 5.97 Å². The monoisotopic (exact) mass is 196 g/mol. The summed E-state index contributed by atoms with van der Waals surface area (Å²) in [5.74, 6) is -0.139. The molecule has 0 aromatic carbocycles. The summed E-state index contributed by atoms with van der Waals surface area (Å²) < 4.78 is 4.99. The molecule has 0 fully saturated rings. The van der Waals surface area contributed by atoms with E-state index in [1.165, 1.54) is 0 Å². The zero-order valence-electron chi connectivity index (χ0n) is 9.16. The summed E-state index contributed by atoms with van der Waals surface area (Å²) in [6.45, 7) is 4.62. The highest BCUT2D eigenvalue weighted by Crippen LogP contribution is 1.93. The Balaban J connectivity index is 3.35. The molecule has 14 heavy (non-hydrogen) atoms. The van der Waals surface area contributed by atoms with E-state index in [0.29, 0.717) is 13.0 Å². The second-order valence-corrected chi connectivity index (χ2v) is 2.97. The Bertz CT molecular complexity index is 192. The molecule has 0 aromatic heterocycles. The predicted molar refractivity (Wildman–Crippen MR) is 59.1 cm³/mol. The van der Waals surface area contributed by atoms with Crippen molar-refractivity contribution < 1.29 is 9.53 Å². The fourth-order valence-electron chi connectivity index (χ4n) is 0.930. The van der Waals surface area contributed by atoms with E-state index in [4.69, 9.17) is 4.74 Å². The third-order valence-electron chi connectivity index (χ3n) is 1.64. The van der Waals surface area contributed by atoms with Gasteiger partial charge in [-0.3, -0.25) is 4.79 Å². The molecule has 0 aliphatic heterocycles. The van der Waals surface area contributed by atoms with E-state index in [9.17, 15) is 4.79 Å². The molecule has 0 spiro atoms. The lowest BCUT2D eigenvalue weighted by atomic mass is 10.3. The number of allylic oxidation sites excluding steroid dienone is 2. The molecule has 2 heteroatoms. The van der Waals surface area contributed by atoms with Crippen molar-refractivity contribution in [1.29, 1.82) is 0 Å². The smallest absolute Gasteiger partial charge is 0.309 e. The normalized spacial score (nSPS) is 11.3. The Kier molecular flexibility index (Phi) is 9.28. The van der Waals surface area contributed by atoms with Crippen LogP contribution in [0.25, 0.3) is 0 Å². The lowest BCUT2D eigenvalue weighted by Gasteiger charge is -1.99. The Hall–Kier alpha value is -1.05. The van der Waals surface area contributed by atoms with E-state index in [2.05, 4.69) is 13.0 Å². The van der Waals surface area contributed by atoms with Gasteiger partial charge < -0.3 is 4.74 Å². The minimum absolute atomic E-state index is 0.139. The Morgan fingerprint density at radius 3 is 2.36 bits per heavy atom. The van der Waals surface area contributed by atoms with Crippen LogP contribution in [0.2, 0.25) is 0 Å². The molecular formula is C12H20O2. The van der Waals surface area contributed by atoms with Crippen molar-refractivity contribution in [2.75, 3.05) is 6.61 Å². The van der Waals surface area contributed by atoms with Crippen LogP contribution in [0.3, 0.4) is 0 Å². The minimum atomic E-state index is -0.139. The van der Waals surface area contributed by atoms with Gasteiger partial charge in [0.25, 0.3) is 0 Å². The molecule has 2 nitrogen and oxygen atoms in total. The van der Waals surface area contributed by atoms with Gasteiger partial charge >= 0.3 is 5.97 Å². The van der Waals surface area contributed by atoms with Gasteiger partial charge in [-0.15, -0.1) is 0 Å². The third kappa shape index (κ3) is 9.04. The van der Waals surface area contributed by atoms with Crippen molar-refractivity contribution in [3.8, 4) is 0 Å². The van der Waals surface area contributed by atoms with Crippen LogP contribution in [-0.2, 0) is 9.53 Å². The standard InChI is InChI=1S/C12H20O2/c1-3-5-7-9-11-14-12(13)10-8-6-4-2/h5-8H,3-4,9-11H2,1-2H3/b7-5-,8-6-. The Morgan fingerprint density at radius 1 is 1.07 bits per heavy atom. The van der Waals surface area contributed by atoms with Gasteiger partial charge in [-0.2, -0.15) is 0 Å². The molecule has 0 atom stereocenters. The molecule has 80 valence electrons. The molecule has 0 heterocycles. The summed E-state index contributed by atoms with van der Waals surface area (Å²) in [6.07, 6.45) is 11.1. The fourth-order valence-corrected chi connectivity index (χ4v) is 0.930. The number of ether oxygens (including phenoxy) is 1. The highest BCUT2D eigenvalue weighted by molar-refractivity contribution is 5.71. The molecule has 0 saturated heterocycles. The first kappa shape index (κ1) is 12.9. The van der Waals surface area contributed by atoms with Gasteiger partial charge in [0.05, 0.1) is 13.0 Å². The van der Waals surface area contributed by atoms with Crippen LogP contribution in [-0.4, -0.2) is 12.6 Å². The average molecular weight is 196 g/mol. The van der Waals surface area contributed by atoms with Gasteiger partial charge in [0, 0.05) is 0 Å². The van der Waals surface area contributed by atoms with Crippen molar-refractivity contribution in [2.24, 2.45) is 0 Å². The molecule has 0 bridgehead atoms. The van der Waals surface area contributed by atoms with Crippen LogP contribution in [0.4, 0.5) is 0 Å². The van der Waals surface area contributed by atoms with Crippen LogP contribution >= 0.6 is 0 Å². The first-order valence-electron chi connectivity index (χ1n) is 5.26. The number of carbonyl (C=O) groups is 1. The number of hydrogen-bond donors (Lipinski definition) is 0. The number of rotatable bonds is 7. The van der Waals surface area contributed by atoms with Crippen LogP contribution in [0.15, 0.2) is 24.3 Å².